The Morgan fingerprint density at radius 2 is 1.97 bits per heavy atom. The second kappa shape index (κ2) is 8.70. The van der Waals surface area contributed by atoms with E-state index >= 15 is 0 Å². The van der Waals surface area contributed by atoms with E-state index in [0.29, 0.717) is 17.4 Å². The van der Waals surface area contributed by atoms with Gasteiger partial charge >= 0.3 is 6.18 Å². The molecule has 1 aromatic carbocycles. The summed E-state index contributed by atoms with van der Waals surface area (Å²) in [7, 11) is 0. The van der Waals surface area contributed by atoms with Crippen molar-refractivity contribution in [2.75, 3.05) is 23.4 Å². The number of carbonyl (C=O) groups excluding carboxylic acids is 2. The van der Waals surface area contributed by atoms with Crippen LogP contribution in [0.4, 0.5) is 24.7 Å². The third-order valence-electron chi connectivity index (χ3n) is 4.49. The lowest BCUT2D eigenvalue weighted by atomic mass is 10.1. The largest absolute Gasteiger partial charge is 0.417 e. The maximum atomic E-state index is 12.7. The number of benzene rings is 1. The Kier molecular flexibility index (Phi) is 6.22. The van der Waals surface area contributed by atoms with Crippen molar-refractivity contribution in [3.63, 3.8) is 0 Å². The van der Waals surface area contributed by atoms with Gasteiger partial charge in [0, 0.05) is 17.4 Å². The number of aliphatic hydroxyl groups excluding tert-OH is 1. The molecule has 1 aliphatic heterocycles. The van der Waals surface area contributed by atoms with E-state index in [1.165, 1.54) is 24.3 Å². The fourth-order valence-corrected chi connectivity index (χ4v) is 2.86. The zero-order chi connectivity index (χ0) is 22.8. The highest BCUT2D eigenvalue weighted by Crippen LogP contribution is 2.30. The summed E-state index contributed by atoms with van der Waals surface area (Å²) in [6.07, 6.45) is -7.41. The van der Waals surface area contributed by atoms with Crippen molar-refractivity contribution in [1.82, 2.24) is 4.98 Å². The molecule has 2 heterocycles. The van der Waals surface area contributed by atoms with Gasteiger partial charge in [-0.25, -0.2) is 4.98 Å². The Hall–Kier alpha value is -3.51. The molecule has 0 bridgehead atoms. The second-order valence-electron chi connectivity index (χ2n) is 6.61. The first-order valence-corrected chi connectivity index (χ1v) is 8.97. The van der Waals surface area contributed by atoms with Crippen LogP contribution in [-0.2, 0) is 20.5 Å². The van der Waals surface area contributed by atoms with Gasteiger partial charge in [-0.15, -0.1) is 0 Å². The molecule has 2 atom stereocenters. The van der Waals surface area contributed by atoms with Gasteiger partial charge in [0.1, 0.15) is 11.7 Å². The summed E-state index contributed by atoms with van der Waals surface area (Å²) < 4.78 is 43.3. The van der Waals surface area contributed by atoms with Crippen LogP contribution in [0.5, 0.6) is 0 Å². The zero-order valence-electron chi connectivity index (χ0n) is 15.9. The number of morpholine rings is 1. The van der Waals surface area contributed by atoms with Gasteiger partial charge in [-0.05, 0) is 36.4 Å². The van der Waals surface area contributed by atoms with Crippen molar-refractivity contribution < 1.29 is 32.6 Å². The molecule has 0 aliphatic carbocycles. The van der Waals surface area contributed by atoms with Gasteiger partial charge in [0.15, 0.2) is 12.2 Å². The molecule has 1 aromatic heterocycles. The van der Waals surface area contributed by atoms with Crippen molar-refractivity contribution in [3.05, 3.63) is 53.7 Å². The van der Waals surface area contributed by atoms with Crippen LogP contribution >= 0.6 is 0 Å². The number of ether oxygens (including phenoxy) is 1. The number of amides is 2. The zero-order valence-corrected chi connectivity index (χ0v) is 15.9. The lowest BCUT2D eigenvalue weighted by Crippen LogP contribution is -2.55. The number of nitrogens with two attached hydrogens (primary N) is 1. The van der Waals surface area contributed by atoms with E-state index in [9.17, 15) is 27.9 Å². The van der Waals surface area contributed by atoms with Gasteiger partial charge in [-0.2, -0.15) is 13.2 Å². The normalized spacial score (nSPS) is 17.9. The van der Waals surface area contributed by atoms with Gasteiger partial charge < -0.3 is 20.9 Å². The minimum atomic E-state index is -4.57. The Morgan fingerprint density at radius 3 is 2.52 bits per heavy atom. The van der Waals surface area contributed by atoms with Gasteiger partial charge in [0.2, 0.25) is 0 Å². The number of carbonyl (C=O) groups is 2. The Morgan fingerprint density at radius 1 is 1.29 bits per heavy atom. The number of alkyl halides is 3. The summed E-state index contributed by atoms with van der Waals surface area (Å²) in [5, 5.41) is 20.1. The number of aliphatic hydroxyl groups is 1. The number of rotatable bonds is 5. The van der Waals surface area contributed by atoms with Crippen LogP contribution in [0.25, 0.3) is 0 Å². The Bertz CT molecular complexity index is 980. The maximum Gasteiger partial charge on any atom is 0.417 e. The average Bonchev–Trinajstić information content (AvgIpc) is 2.73. The highest BCUT2D eigenvalue weighted by molar-refractivity contribution is 6.03. The molecule has 164 valence electrons. The van der Waals surface area contributed by atoms with E-state index in [0.717, 1.165) is 17.0 Å². The molecular weight excluding hydrogens is 419 g/mol. The summed E-state index contributed by atoms with van der Waals surface area (Å²) in [6, 6.07) is 7.72. The number of halogens is 3. The van der Waals surface area contributed by atoms with Crippen molar-refractivity contribution in [3.8, 4) is 0 Å². The van der Waals surface area contributed by atoms with Crippen LogP contribution in [0.2, 0.25) is 0 Å². The Balaban J connectivity index is 1.69. The average molecular weight is 437 g/mol. The van der Waals surface area contributed by atoms with E-state index in [1.54, 1.807) is 0 Å². The topological polar surface area (TPSA) is 142 Å². The monoisotopic (exact) mass is 437 g/mol. The van der Waals surface area contributed by atoms with E-state index in [1.807, 2.05) is 0 Å². The van der Waals surface area contributed by atoms with Crippen molar-refractivity contribution in [2.45, 2.75) is 18.4 Å². The molecule has 12 heteroatoms. The number of nitrogens with zero attached hydrogens (tertiary/aromatic N) is 2. The first-order valence-electron chi connectivity index (χ1n) is 8.97. The predicted octanol–water partition coefficient (Wildman–Crippen LogP) is 1.12. The molecular formula is C19H18F3N5O4. The predicted molar refractivity (Wildman–Crippen MR) is 103 cm³/mol. The molecule has 9 nitrogen and oxygen atoms in total. The van der Waals surface area contributed by atoms with E-state index in [2.05, 4.69) is 10.3 Å². The van der Waals surface area contributed by atoms with Crippen LogP contribution in [0.1, 0.15) is 11.1 Å². The number of pyridine rings is 1. The number of aromatic nitrogens is 1. The minimum absolute atomic E-state index is 0.00541. The molecule has 0 radical (unpaired) electrons. The summed E-state index contributed by atoms with van der Waals surface area (Å²) >= 11 is 0. The lowest BCUT2D eigenvalue weighted by molar-refractivity contribution is -0.150. The van der Waals surface area contributed by atoms with Crippen molar-refractivity contribution in [2.24, 2.45) is 5.73 Å². The van der Waals surface area contributed by atoms with Crippen LogP contribution in [-0.4, -0.2) is 53.1 Å². The van der Waals surface area contributed by atoms with Crippen LogP contribution in [0.15, 0.2) is 42.6 Å². The molecule has 0 unspecified atom stereocenters. The van der Waals surface area contributed by atoms with Gasteiger partial charge in [0.05, 0.1) is 18.7 Å². The first-order chi connectivity index (χ1) is 14.6. The summed E-state index contributed by atoms with van der Waals surface area (Å²) in [4.78, 5) is 29.8. The molecule has 1 fully saturated rings. The van der Waals surface area contributed by atoms with Crippen LogP contribution < -0.4 is 16.0 Å². The number of nitrogens with one attached hydrogen (secondary N) is 2. The highest BCUT2D eigenvalue weighted by Gasteiger charge is 2.40. The third kappa shape index (κ3) is 4.98. The molecule has 31 heavy (non-hydrogen) atoms. The van der Waals surface area contributed by atoms with Gasteiger partial charge in [0.25, 0.3) is 11.8 Å². The van der Waals surface area contributed by atoms with E-state index in [4.69, 9.17) is 15.9 Å². The van der Waals surface area contributed by atoms with Gasteiger partial charge in [-0.3, -0.25) is 19.9 Å². The second-order valence-corrected chi connectivity index (χ2v) is 6.61. The fraction of sp³-hybridized carbons (Fsp3) is 0.263. The molecule has 5 N–H and O–H groups in total. The number of hydrogen-bond acceptors (Lipinski definition) is 6. The quantitative estimate of drug-likeness (QED) is 0.408. The van der Waals surface area contributed by atoms with Crippen LogP contribution in [0.3, 0.4) is 0 Å². The standard InChI is InChI=1S/C19H18F3N5O4/c20-19(21,22)11-3-6-13(25-9-11)27-7-8-31-15(18(27)30)14(28)17(29)26-12-4-1-10(2-5-12)16(23)24/h1-6,9,14-15,28H,7-8H2,(H3,23,24)(H,26,29)/t14-,15-/m1/s1. The van der Waals surface area contributed by atoms with Crippen molar-refractivity contribution in [1.29, 1.82) is 5.41 Å². The van der Waals surface area contributed by atoms with Gasteiger partial charge in [-0.1, -0.05) is 0 Å². The molecule has 0 saturated carbocycles. The smallest absolute Gasteiger partial charge is 0.384 e. The number of nitrogen functional groups attached to an aromatic ring is 1. The first kappa shape index (κ1) is 22.2. The third-order valence-corrected chi connectivity index (χ3v) is 4.49. The fourth-order valence-electron chi connectivity index (χ4n) is 2.86. The van der Waals surface area contributed by atoms with E-state index < -0.39 is 35.8 Å². The van der Waals surface area contributed by atoms with Crippen molar-refractivity contribution >= 4 is 29.2 Å². The van der Waals surface area contributed by atoms with E-state index in [-0.39, 0.29) is 24.8 Å². The molecule has 1 saturated heterocycles. The molecule has 2 aromatic rings. The summed E-state index contributed by atoms with van der Waals surface area (Å²) in [5.74, 6) is -1.95. The Labute approximate surface area is 174 Å². The van der Waals surface area contributed by atoms with Crippen LogP contribution in [0, 0.1) is 5.41 Å². The molecule has 0 spiro atoms. The highest BCUT2D eigenvalue weighted by atomic mass is 19.4. The minimum Gasteiger partial charge on any atom is -0.384 e. The summed E-state index contributed by atoms with van der Waals surface area (Å²) in [5.41, 5.74) is 5.11. The SMILES string of the molecule is N=C(N)c1ccc(NC(=O)[C@H](O)[C@H]2OCCN(c3ccc(C(F)(F)F)cn3)C2=O)cc1. The summed E-state index contributed by atoms with van der Waals surface area (Å²) in [6.45, 7) is -0.0642. The molecule has 1 aliphatic rings. The number of anilines is 2. The lowest BCUT2D eigenvalue weighted by Gasteiger charge is -2.33. The maximum absolute atomic E-state index is 12.7. The number of amidine groups is 1. The molecule has 3 rings (SSSR count). The molecule has 2 amide bonds. The number of hydrogen-bond donors (Lipinski definition) is 4.